The summed E-state index contributed by atoms with van der Waals surface area (Å²) in [5.74, 6) is 0. The van der Waals surface area contributed by atoms with E-state index in [-0.39, 0.29) is 42.1 Å². The van der Waals surface area contributed by atoms with Crippen molar-refractivity contribution >= 4 is 0 Å². The summed E-state index contributed by atoms with van der Waals surface area (Å²) >= 11 is 0. The SMILES string of the molecule is [Mo].[Mo].c1ccc(-c2cccc(-c3ccccn3)n2)nc1.c1ccc(-c2cccc(-c3ccccn3)n2)nc1.c1ccc(-c2cccc(-c3ccccn3)n2)nc1.c1ccc(-c2cccc(-c3ccccn3)n2)nc1. The molecule has 0 spiro atoms. The molecular formula is C60H44Mo2N12. The van der Waals surface area contributed by atoms with Crippen molar-refractivity contribution in [2.24, 2.45) is 0 Å². The van der Waals surface area contributed by atoms with Gasteiger partial charge in [-0.3, -0.25) is 39.9 Å². The second-order valence-electron chi connectivity index (χ2n) is 15.4. The van der Waals surface area contributed by atoms with Gasteiger partial charge in [-0.25, -0.2) is 19.9 Å². The van der Waals surface area contributed by atoms with Crippen LogP contribution in [0, 0.1) is 0 Å². The summed E-state index contributed by atoms with van der Waals surface area (Å²) in [4.78, 5) is 52.8. The van der Waals surface area contributed by atoms with Crippen molar-refractivity contribution in [1.82, 2.24) is 59.8 Å². The molecule has 12 aromatic rings. The molecule has 12 heterocycles. The molecule has 0 aliphatic rings. The molecule has 0 atom stereocenters. The number of rotatable bonds is 8. The van der Waals surface area contributed by atoms with Crippen molar-refractivity contribution in [3.05, 3.63) is 268 Å². The Bertz CT molecular complexity index is 2810. The molecule has 0 fully saturated rings. The van der Waals surface area contributed by atoms with Crippen molar-refractivity contribution in [2.75, 3.05) is 0 Å². The van der Waals surface area contributed by atoms with E-state index in [2.05, 4.69) is 59.8 Å². The molecule has 0 aliphatic carbocycles. The van der Waals surface area contributed by atoms with Gasteiger partial charge in [-0.1, -0.05) is 72.8 Å². The maximum Gasteiger partial charge on any atom is 0.0894 e. The van der Waals surface area contributed by atoms with Crippen LogP contribution in [-0.4, -0.2) is 59.8 Å². The molecular weight excluding hydrogens is 1080 g/mol. The van der Waals surface area contributed by atoms with E-state index >= 15 is 0 Å². The molecule has 12 aromatic heterocycles. The Morgan fingerprint density at radius 3 is 0.365 bits per heavy atom. The molecule has 14 heteroatoms. The van der Waals surface area contributed by atoms with Crippen LogP contribution in [0.15, 0.2) is 268 Å². The van der Waals surface area contributed by atoms with Crippen LogP contribution in [0.1, 0.15) is 0 Å². The molecule has 74 heavy (non-hydrogen) atoms. The zero-order valence-electron chi connectivity index (χ0n) is 39.6. The zero-order valence-corrected chi connectivity index (χ0v) is 43.6. The van der Waals surface area contributed by atoms with Crippen molar-refractivity contribution in [2.45, 2.75) is 0 Å². The van der Waals surface area contributed by atoms with Crippen LogP contribution in [0.5, 0.6) is 0 Å². The van der Waals surface area contributed by atoms with Gasteiger partial charge in [0, 0.05) is 91.7 Å². The maximum atomic E-state index is 4.59. The van der Waals surface area contributed by atoms with Gasteiger partial charge in [0.2, 0.25) is 0 Å². The fourth-order valence-electron chi connectivity index (χ4n) is 6.99. The van der Waals surface area contributed by atoms with Crippen molar-refractivity contribution in [3.63, 3.8) is 0 Å². The Balaban J connectivity index is 0.000000143. The first-order valence-electron chi connectivity index (χ1n) is 22.9. The molecule has 12 nitrogen and oxygen atoms in total. The van der Waals surface area contributed by atoms with Gasteiger partial charge in [-0.2, -0.15) is 0 Å². The Morgan fingerprint density at radius 2 is 0.257 bits per heavy atom. The van der Waals surface area contributed by atoms with Gasteiger partial charge >= 0.3 is 0 Å². The first-order valence-corrected chi connectivity index (χ1v) is 22.9. The first-order chi connectivity index (χ1) is 35.7. The largest absolute Gasteiger partial charge is 0.255 e. The molecule has 0 saturated heterocycles. The molecule has 0 bridgehead atoms. The summed E-state index contributed by atoms with van der Waals surface area (Å²) in [6, 6.07) is 69.9. The second-order valence-corrected chi connectivity index (χ2v) is 15.4. The van der Waals surface area contributed by atoms with Gasteiger partial charge in [0.1, 0.15) is 0 Å². The van der Waals surface area contributed by atoms with Gasteiger partial charge in [-0.15, -0.1) is 0 Å². The summed E-state index contributed by atoms with van der Waals surface area (Å²) < 4.78 is 0. The van der Waals surface area contributed by atoms with Crippen LogP contribution >= 0.6 is 0 Å². The minimum Gasteiger partial charge on any atom is -0.255 e. The van der Waals surface area contributed by atoms with E-state index in [0.717, 1.165) is 91.1 Å². The van der Waals surface area contributed by atoms with Crippen LogP contribution in [0.3, 0.4) is 0 Å². The van der Waals surface area contributed by atoms with E-state index in [0.29, 0.717) is 0 Å². The van der Waals surface area contributed by atoms with E-state index in [1.165, 1.54) is 0 Å². The van der Waals surface area contributed by atoms with Gasteiger partial charge < -0.3 is 0 Å². The Morgan fingerprint density at radius 1 is 0.135 bits per heavy atom. The summed E-state index contributed by atoms with van der Waals surface area (Å²) in [6.45, 7) is 0. The third-order valence-electron chi connectivity index (χ3n) is 10.4. The molecule has 0 saturated carbocycles. The van der Waals surface area contributed by atoms with Gasteiger partial charge in [0.05, 0.1) is 91.1 Å². The standard InChI is InChI=1S/4C15H11N3.2Mo/c4*1-3-10-16-12(6-1)14-8-5-9-15(18-14)13-7-2-4-11-17-13;;/h4*1-11H;;. The molecule has 0 unspecified atom stereocenters. The third-order valence-corrected chi connectivity index (χ3v) is 10.4. The number of nitrogens with zero attached hydrogens (tertiary/aromatic N) is 12. The van der Waals surface area contributed by atoms with Crippen LogP contribution < -0.4 is 0 Å². The predicted molar refractivity (Wildman–Crippen MR) is 283 cm³/mol. The third kappa shape index (κ3) is 15.1. The quantitative estimate of drug-likeness (QED) is 0.133. The Labute approximate surface area is 457 Å². The van der Waals surface area contributed by atoms with Crippen LogP contribution in [0.2, 0.25) is 0 Å². The smallest absolute Gasteiger partial charge is 0.0894 e. The average molecular weight is 1120 g/mol. The van der Waals surface area contributed by atoms with Crippen molar-refractivity contribution in [3.8, 4) is 91.1 Å². The molecule has 356 valence electrons. The van der Waals surface area contributed by atoms with E-state index in [1.54, 1.807) is 49.6 Å². The zero-order chi connectivity index (χ0) is 48.8. The maximum absolute atomic E-state index is 4.59. The number of pyridine rings is 12. The van der Waals surface area contributed by atoms with Crippen molar-refractivity contribution < 1.29 is 42.1 Å². The summed E-state index contributed by atoms with van der Waals surface area (Å²) in [6.07, 6.45) is 14.1. The minimum absolute atomic E-state index is 0. The molecule has 0 radical (unpaired) electrons. The number of hydrogen-bond donors (Lipinski definition) is 0. The van der Waals surface area contributed by atoms with E-state index < -0.39 is 0 Å². The first kappa shape index (κ1) is 53.0. The Kier molecular flexibility index (Phi) is 20.2. The van der Waals surface area contributed by atoms with Crippen LogP contribution in [0.4, 0.5) is 0 Å². The number of hydrogen-bond acceptors (Lipinski definition) is 12. The molecule has 12 rings (SSSR count). The van der Waals surface area contributed by atoms with Gasteiger partial charge in [0.25, 0.3) is 0 Å². The minimum atomic E-state index is 0. The summed E-state index contributed by atoms with van der Waals surface area (Å²) in [7, 11) is 0. The van der Waals surface area contributed by atoms with E-state index in [4.69, 9.17) is 0 Å². The number of aromatic nitrogens is 12. The molecule has 0 amide bonds. The fraction of sp³-hybridized carbons (Fsp3) is 0. The average Bonchev–Trinajstić information content (AvgIpc) is 3.49. The monoisotopic (exact) mass is 1130 g/mol. The fourth-order valence-corrected chi connectivity index (χ4v) is 6.99. The van der Waals surface area contributed by atoms with Gasteiger partial charge in [0.15, 0.2) is 0 Å². The topological polar surface area (TPSA) is 155 Å². The van der Waals surface area contributed by atoms with Crippen LogP contribution in [0.25, 0.3) is 91.1 Å². The Hall–Kier alpha value is -8.82. The summed E-state index contributed by atoms with van der Waals surface area (Å²) in [5.41, 5.74) is 13.8. The van der Waals surface area contributed by atoms with E-state index in [1.807, 2.05) is 218 Å². The van der Waals surface area contributed by atoms with Crippen molar-refractivity contribution in [1.29, 1.82) is 0 Å². The summed E-state index contributed by atoms with van der Waals surface area (Å²) in [5, 5.41) is 0. The molecule has 0 aliphatic heterocycles. The molecule has 0 aromatic carbocycles. The second kappa shape index (κ2) is 28.3. The molecule has 0 N–H and O–H groups in total. The van der Waals surface area contributed by atoms with Gasteiger partial charge in [-0.05, 0) is 146 Å². The normalized spacial score (nSPS) is 9.95. The van der Waals surface area contributed by atoms with E-state index in [9.17, 15) is 0 Å². The van der Waals surface area contributed by atoms with Crippen LogP contribution in [-0.2, 0) is 42.1 Å². The predicted octanol–water partition coefficient (Wildman–Crippen LogP) is 12.8.